The third-order valence-electron chi connectivity index (χ3n) is 3.28. The molecule has 1 amide bonds. The molecule has 1 aromatic carbocycles. The molecule has 1 atom stereocenters. The lowest BCUT2D eigenvalue weighted by Gasteiger charge is -2.17. The molecule has 2 rings (SSSR count). The maximum absolute atomic E-state index is 12.9. The van der Waals surface area contributed by atoms with Gasteiger partial charge >= 0.3 is 0 Å². The van der Waals surface area contributed by atoms with Crippen molar-refractivity contribution in [3.05, 3.63) is 59.2 Å². The summed E-state index contributed by atoms with van der Waals surface area (Å²) in [4.78, 5) is 15.6. The highest BCUT2D eigenvalue weighted by atomic mass is 19.1. The molecule has 1 aromatic heterocycles. The van der Waals surface area contributed by atoms with Gasteiger partial charge in [0.05, 0.1) is 17.9 Å². The fourth-order valence-corrected chi connectivity index (χ4v) is 2.06. The number of amides is 1. The molecule has 2 N–H and O–H groups in total. The SMILES string of the molecule is CNC(=O)c1ccc(NC(C)c2ccc(F)cn2)c(C)c1. The van der Waals surface area contributed by atoms with Gasteiger partial charge in [0.15, 0.2) is 0 Å². The summed E-state index contributed by atoms with van der Waals surface area (Å²) in [6.07, 6.45) is 1.20. The van der Waals surface area contributed by atoms with Crippen LogP contribution >= 0.6 is 0 Å². The molecule has 0 spiro atoms. The molecule has 1 heterocycles. The number of aryl methyl sites for hydroxylation is 1. The Labute approximate surface area is 123 Å². The van der Waals surface area contributed by atoms with E-state index in [0.29, 0.717) is 5.56 Å². The summed E-state index contributed by atoms with van der Waals surface area (Å²) in [5.74, 6) is -0.463. The van der Waals surface area contributed by atoms with Crippen LogP contribution in [-0.4, -0.2) is 17.9 Å². The van der Waals surface area contributed by atoms with Crippen molar-refractivity contribution < 1.29 is 9.18 Å². The number of nitrogens with one attached hydrogen (secondary N) is 2. The Balaban J connectivity index is 2.15. The molecule has 110 valence electrons. The number of carbonyl (C=O) groups excluding carboxylic acids is 1. The predicted molar refractivity (Wildman–Crippen MR) is 80.8 cm³/mol. The second-order valence-corrected chi connectivity index (χ2v) is 4.88. The zero-order valence-electron chi connectivity index (χ0n) is 12.3. The first-order valence-corrected chi connectivity index (χ1v) is 6.72. The molecule has 0 bridgehead atoms. The monoisotopic (exact) mass is 287 g/mol. The van der Waals surface area contributed by atoms with Crippen molar-refractivity contribution in [1.29, 1.82) is 0 Å². The number of aromatic nitrogens is 1. The second-order valence-electron chi connectivity index (χ2n) is 4.88. The van der Waals surface area contributed by atoms with Crippen molar-refractivity contribution in [2.24, 2.45) is 0 Å². The molecule has 0 saturated carbocycles. The number of benzene rings is 1. The third-order valence-corrected chi connectivity index (χ3v) is 3.28. The highest BCUT2D eigenvalue weighted by Crippen LogP contribution is 2.22. The number of carbonyl (C=O) groups is 1. The fourth-order valence-electron chi connectivity index (χ4n) is 2.06. The summed E-state index contributed by atoms with van der Waals surface area (Å²) in [5, 5.41) is 5.91. The van der Waals surface area contributed by atoms with Gasteiger partial charge in [0.2, 0.25) is 0 Å². The normalized spacial score (nSPS) is 11.8. The van der Waals surface area contributed by atoms with E-state index in [1.807, 2.05) is 26.0 Å². The highest BCUT2D eigenvalue weighted by Gasteiger charge is 2.10. The molecule has 0 aliphatic heterocycles. The van der Waals surface area contributed by atoms with Crippen molar-refractivity contribution in [2.75, 3.05) is 12.4 Å². The minimum atomic E-state index is -0.350. The summed E-state index contributed by atoms with van der Waals surface area (Å²) in [7, 11) is 1.60. The van der Waals surface area contributed by atoms with Gasteiger partial charge in [-0.3, -0.25) is 9.78 Å². The van der Waals surface area contributed by atoms with Gasteiger partial charge in [-0.05, 0) is 49.7 Å². The molecule has 0 aliphatic carbocycles. The number of rotatable bonds is 4. The van der Waals surface area contributed by atoms with Crippen LogP contribution in [0.2, 0.25) is 0 Å². The minimum absolute atomic E-state index is 0.0600. The Kier molecular flexibility index (Phi) is 4.52. The molecule has 5 heteroatoms. The molecular formula is C16H18FN3O. The lowest BCUT2D eigenvalue weighted by atomic mass is 10.1. The van der Waals surface area contributed by atoms with Crippen LogP contribution in [0.3, 0.4) is 0 Å². The Morgan fingerprint density at radius 2 is 2.05 bits per heavy atom. The second kappa shape index (κ2) is 6.35. The van der Waals surface area contributed by atoms with E-state index in [0.717, 1.165) is 16.9 Å². The zero-order valence-corrected chi connectivity index (χ0v) is 12.3. The Bertz CT molecular complexity index is 640. The molecule has 0 fully saturated rings. The van der Waals surface area contributed by atoms with Gasteiger partial charge in [-0.1, -0.05) is 0 Å². The number of nitrogens with zero attached hydrogens (tertiary/aromatic N) is 1. The maximum atomic E-state index is 12.9. The van der Waals surface area contributed by atoms with Gasteiger partial charge in [-0.2, -0.15) is 0 Å². The van der Waals surface area contributed by atoms with Gasteiger partial charge in [-0.25, -0.2) is 4.39 Å². The molecule has 4 nitrogen and oxygen atoms in total. The number of halogens is 1. The maximum Gasteiger partial charge on any atom is 0.251 e. The number of pyridine rings is 1. The zero-order chi connectivity index (χ0) is 15.4. The molecule has 1 unspecified atom stereocenters. The summed E-state index contributed by atoms with van der Waals surface area (Å²) in [6, 6.07) is 8.43. The lowest BCUT2D eigenvalue weighted by Crippen LogP contribution is -2.18. The largest absolute Gasteiger partial charge is 0.377 e. The van der Waals surface area contributed by atoms with Gasteiger partial charge in [0, 0.05) is 18.3 Å². The average Bonchev–Trinajstić information content (AvgIpc) is 2.49. The van der Waals surface area contributed by atoms with Gasteiger partial charge < -0.3 is 10.6 Å². The van der Waals surface area contributed by atoms with Crippen LogP contribution in [0.5, 0.6) is 0 Å². The van der Waals surface area contributed by atoms with E-state index in [4.69, 9.17) is 0 Å². The number of anilines is 1. The fraction of sp³-hybridized carbons (Fsp3) is 0.250. The van der Waals surface area contributed by atoms with Crippen LogP contribution < -0.4 is 10.6 Å². The van der Waals surface area contributed by atoms with Crippen LogP contribution in [0.4, 0.5) is 10.1 Å². The Morgan fingerprint density at radius 1 is 1.29 bits per heavy atom. The Morgan fingerprint density at radius 3 is 2.62 bits per heavy atom. The lowest BCUT2D eigenvalue weighted by molar-refractivity contribution is 0.0963. The van der Waals surface area contributed by atoms with Gasteiger partial charge in [-0.15, -0.1) is 0 Å². The van der Waals surface area contributed by atoms with Gasteiger partial charge in [0.1, 0.15) is 5.82 Å². The predicted octanol–water partition coefficient (Wildman–Crippen LogP) is 3.06. The minimum Gasteiger partial charge on any atom is -0.377 e. The van der Waals surface area contributed by atoms with E-state index in [1.165, 1.54) is 12.3 Å². The standard InChI is InChI=1S/C16H18FN3O/c1-10-8-12(16(21)18-3)4-6-14(10)20-11(2)15-7-5-13(17)9-19-15/h4-9,11,20H,1-3H3,(H,18,21). The van der Waals surface area contributed by atoms with E-state index < -0.39 is 0 Å². The average molecular weight is 287 g/mol. The Hall–Kier alpha value is -2.43. The quantitative estimate of drug-likeness (QED) is 0.908. The van der Waals surface area contributed by atoms with Crippen molar-refractivity contribution in [2.45, 2.75) is 19.9 Å². The van der Waals surface area contributed by atoms with Crippen LogP contribution in [0.15, 0.2) is 36.5 Å². The topological polar surface area (TPSA) is 54.0 Å². The van der Waals surface area contributed by atoms with Crippen molar-refractivity contribution in [3.63, 3.8) is 0 Å². The van der Waals surface area contributed by atoms with Crippen molar-refractivity contribution in [1.82, 2.24) is 10.3 Å². The number of hydrogen-bond acceptors (Lipinski definition) is 3. The van der Waals surface area contributed by atoms with Crippen LogP contribution in [0, 0.1) is 12.7 Å². The van der Waals surface area contributed by atoms with Crippen molar-refractivity contribution >= 4 is 11.6 Å². The third kappa shape index (κ3) is 3.56. The highest BCUT2D eigenvalue weighted by molar-refractivity contribution is 5.94. The van der Waals surface area contributed by atoms with Crippen molar-refractivity contribution in [3.8, 4) is 0 Å². The molecule has 0 aliphatic rings. The molecule has 2 aromatic rings. The summed E-state index contributed by atoms with van der Waals surface area (Å²) < 4.78 is 12.9. The molecule has 0 radical (unpaired) electrons. The van der Waals surface area contributed by atoms with E-state index in [2.05, 4.69) is 15.6 Å². The molecular weight excluding hydrogens is 269 g/mol. The first kappa shape index (κ1) is 15.0. The van der Waals surface area contributed by atoms with E-state index in [1.54, 1.807) is 19.2 Å². The summed E-state index contributed by atoms with van der Waals surface area (Å²) in [6.45, 7) is 3.88. The van der Waals surface area contributed by atoms with E-state index in [9.17, 15) is 9.18 Å². The number of hydrogen-bond donors (Lipinski definition) is 2. The smallest absolute Gasteiger partial charge is 0.251 e. The van der Waals surface area contributed by atoms with Crippen LogP contribution in [-0.2, 0) is 0 Å². The van der Waals surface area contributed by atoms with Crippen LogP contribution in [0.1, 0.15) is 34.6 Å². The first-order valence-electron chi connectivity index (χ1n) is 6.72. The van der Waals surface area contributed by atoms with E-state index >= 15 is 0 Å². The van der Waals surface area contributed by atoms with E-state index in [-0.39, 0.29) is 17.8 Å². The summed E-state index contributed by atoms with van der Waals surface area (Å²) in [5.41, 5.74) is 3.26. The molecule has 0 saturated heterocycles. The van der Waals surface area contributed by atoms with Crippen LogP contribution in [0.25, 0.3) is 0 Å². The first-order chi connectivity index (χ1) is 10.0. The van der Waals surface area contributed by atoms with Gasteiger partial charge in [0.25, 0.3) is 5.91 Å². The summed E-state index contributed by atoms with van der Waals surface area (Å²) >= 11 is 0. The molecule has 21 heavy (non-hydrogen) atoms.